The Morgan fingerprint density at radius 1 is 1.28 bits per heavy atom. The maximum Gasteiger partial charge on any atom is 0.312 e. The van der Waals surface area contributed by atoms with Gasteiger partial charge in [-0.05, 0) is 32.1 Å². The fourth-order valence-electron chi connectivity index (χ4n) is 5.68. The van der Waals surface area contributed by atoms with Gasteiger partial charge in [0.1, 0.15) is 11.7 Å². The molecule has 100 valence electrons. The zero-order chi connectivity index (χ0) is 12.8. The van der Waals surface area contributed by atoms with Crippen LogP contribution in [-0.4, -0.2) is 24.3 Å². The molecule has 2 aliphatic carbocycles. The van der Waals surface area contributed by atoms with Gasteiger partial charge in [-0.25, -0.2) is 0 Å². The van der Waals surface area contributed by atoms with Crippen LogP contribution in [0.2, 0.25) is 0 Å². The van der Waals surface area contributed by atoms with E-state index in [0.717, 1.165) is 25.9 Å². The number of carbonyl (C=O) groups excluding carboxylic acids is 1. The third kappa shape index (κ3) is 0.974. The lowest BCUT2D eigenvalue weighted by Gasteiger charge is -2.55. The van der Waals surface area contributed by atoms with Gasteiger partial charge in [-0.1, -0.05) is 20.3 Å². The minimum Gasteiger partial charge on any atom is -0.462 e. The zero-order valence-corrected chi connectivity index (χ0v) is 11.5. The van der Waals surface area contributed by atoms with Crippen LogP contribution in [-0.2, 0) is 14.3 Å². The predicted molar refractivity (Wildman–Crippen MR) is 65.9 cm³/mol. The second-order valence-electron chi connectivity index (χ2n) is 7.42. The van der Waals surface area contributed by atoms with Crippen LogP contribution < -0.4 is 0 Å². The highest BCUT2D eigenvalue weighted by Gasteiger charge is 2.75. The molecule has 4 aliphatic rings. The summed E-state index contributed by atoms with van der Waals surface area (Å²) in [4.78, 5) is 12.3. The number of hydrogen-bond donors (Lipinski definition) is 0. The highest BCUT2D eigenvalue weighted by Crippen LogP contribution is 2.70. The van der Waals surface area contributed by atoms with Gasteiger partial charge in [0, 0.05) is 11.3 Å². The van der Waals surface area contributed by atoms with Crippen LogP contribution in [0.15, 0.2) is 0 Å². The molecular weight excluding hydrogens is 228 g/mol. The average molecular weight is 250 g/mol. The molecule has 0 bridgehead atoms. The van der Waals surface area contributed by atoms with Crippen LogP contribution in [0.4, 0.5) is 0 Å². The van der Waals surface area contributed by atoms with Crippen molar-refractivity contribution in [2.75, 3.05) is 6.61 Å². The molecule has 0 radical (unpaired) electrons. The van der Waals surface area contributed by atoms with E-state index in [1.807, 2.05) is 0 Å². The molecule has 2 aliphatic heterocycles. The van der Waals surface area contributed by atoms with Crippen molar-refractivity contribution >= 4 is 5.97 Å². The van der Waals surface area contributed by atoms with Crippen LogP contribution >= 0.6 is 0 Å². The standard InChI is InChI=1S/C15H22O3/c1-9-7-10-11-13(2,12(16)18-10)5-4-6-14(11,3)15(9)8-17-15/h9-11H,4-8H2,1-3H3/t9-,10-,11+,13+,14+,15-/m1/s1. The van der Waals surface area contributed by atoms with Crippen LogP contribution in [0.3, 0.4) is 0 Å². The van der Waals surface area contributed by atoms with Gasteiger partial charge < -0.3 is 9.47 Å². The van der Waals surface area contributed by atoms with Gasteiger partial charge in [-0.3, -0.25) is 4.79 Å². The predicted octanol–water partition coefficient (Wildman–Crippen LogP) is 2.53. The van der Waals surface area contributed by atoms with Crippen LogP contribution in [0, 0.1) is 22.7 Å². The van der Waals surface area contributed by atoms with E-state index >= 15 is 0 Å². The molecule has 0 aromatic carbocycles. The van der Waals surface area contributed by atoms with E-state index in [1.54, 1.807) is 0 Å². The number of ether oxygens (including phenoxy) is 2. The first-order chi connectivity index (χ1) is 8.44. The summed E-state index contributed by atoms with van der Waals surface area (Å²) < 4.78 is 11.7. The van der Waals surface area contributed by atoms with Crippen molar-refractivity contribution in [3.8, 4) is 0 Å². The smallest absolute Gasteiger partial charge is 0.312 e. The lowest BCUT2D eigenvalue weighted by molar-refractivity contribution is -0.149. The first-order valence-corrected chi connectivity index (χ1v) is 7.29. The Hall–Kier alpha value is -0.570. The molecule has 6 atom stereocenters. The lowest BCUT2D eigenvalue weighted by Crippen LogP contribution is -2.59. The van der Waals surface area contributed by atoms with Crippen molar-refractivity contribution in [3.05, 3.63) is 0 Å². The third-order valence-electron chi connectivity index (χ3n) is 6.67. The highest BCUT2D eigenvalue weighted by molar-refractivity contribution is 5.80. The summed E-state index contributed by atoms with van der Waals surface area (Å²) in [7, 11) is 0. The van der Waals surface area contributed by atoms with Crippen molar-refractivity contribution in [1.29, 1.82) is 0 Å². The molecule has 1 spiro atoms. The Morgan fingerprint density at radius 2 is 2.00 bits per heavy atom. The molecule has 4 fully saturated rings. The van der Waals surface area contributed by atoms with Crippen molar-refractivity contribution in [2.24, 2.45) is 22.7 Å². The van der Waals surface area contributed by atoms with E-state index < -0.39 is 0 Å². The molecule has 2 saturated heterocycles. The first-order valence-electron chi connectivity index (χ1n) is 7.29. The molecule has 2 saturated carbocycles. The molecular formula is C15H22O3. The first kappa shape index (κ1) is 11.3. The number of carbonyl (C=O) groups is 1. The molecule has 2 heterocycles. The average Bonchev–Trinajstić information content (AvgIpc) is 3.03. The van der Waals surface area contributed by atoms with Gasteiger partial charge in [0.05, 0.1) is 12.0 Å². The maximum atomic E-state index is 12.3. The molecule has 18 heavy (non-hydrogen) atoms. The largest absolute Gasteiger partial charge is 0.462 e. The van der Waals surface area contributed by atoms with Gasteiger partial charge >= 0.3 is 5.97 Å². The molecule has 0 aromatic rings. The third-order valence-corrected chi connectivity index (χ3v) is 6.67. The van der Waals surface area contributed by atoms with Gasteiger partial charge in [-0.15, -0.1) is 0 Å². The Kier molecular flexibility index (Phi) is 1.85. The molecule has 3 nitrogen and oxygen atoms in total. The minimum absolute atomic E-state index is 0.0455. The Bertz CT molecular complexity index is 427. The van der Waals surface area contributed by atoms with E-state index in [0.29, 0.717) is 11.8 Å². The summed E-state index contributed by atoms with van der Waals surface area (Å²) in [6.07, 6.45) is 4.43. The second kappa shape index (κ2) is 2.95. The van der Waals surface area contributed by atoms with Crippen molar-refractivity contribution < 1.29 is 14.3 Å². The summed E-state index contributed by atoms with van der Waals surface area (Å²) in [6.45, 7) is 7.64. The van der Waals surface area contributed by atoms with E-state index in [-0.39, 0.29) is 28.5 Å². The second-order valence-corrected chi connectivity index (χ2v) is 7.42. The number of fused-ring (bicyclic) bond motifs is 1. The van der Waals surface area contributed by atoms with Crippen molar-refractivity contribution in [2.45, 2.75) is 58.2 Å². The topological polar surface area (TPSA) is 38.8 Å². The SMILES string of the molecule is C[C@@H]1C[C@H]2OC(=O)[C@@]3(C)CCC[C@@](C)([C@@H]23)[C@@]12CO2. The molecule has 0 amide bonds. The number of esters is 1. The van der Waals surface area contributed by atoms with E-state index in [4.69, 9.17) is 9.47 Å². The fraction of sp³-hybridized carbons (Fsp3) is 0.933. The maximum absolute atomic E-state index is 12.3. The Labute approximate surface area is 108 Å². The quantitative estimate of drug-likeness (QED) is 0.490. The van der Waals surface area contributed by atoms with Gasteiger partial charge in [0.25, 0.3) is 0 Å². The van der Waals surface area contributed by atoms with E-state index in [1.165, 1.54) is 6.42 Å². The van der Waals surface area contributed by atoms with Gasteiger partial charge in [-0.2, -0.15) is 0 Å². The van der Waals surface area contributed by atoms with E-state index in [2.05, 4.69) is 20.8 Å². The summed E-state index contributed by atoms with van der Waals surface area (Å²) >= 11 is 0. The monoisotopic (exact) mass is 250 g/mol. The van der Waals surface area contributed by atoms with Crippen LogP contribution in [0.5, 0.6) is 0 Å². The molecule has 3 heteroatoms. The summed E-state index contributed by atoms with van der Waals surface area (Å²) in [6, 6.07) is 0. The molecule has 4 rings (SSSR count). The Balaban J connectivity index is 1.86. The molecule has 0 unspecified atom stereocenters. The fourth-order valence-corrected chi connectivity index (χ4v) is 5.68. The zero-order valence-electron chi connectivity index (χ0n) is 11.5. The molecule has 0 aromatic heterocycles. The minimum atomic E-state index is -0.253. The Morgan fingerprint density at radius 3 is 2.67 bits per heavy atom. The van der Waals surface area contributed by atoms with Crippen LogP contribution in [0.25, 0.3) is 0 Å². The summed E-state index contributed by atoms with van der Waals surface area (Å²) in [5.41, 5.74) is -0.0743. The van der Waals surface area contributed by atoms with Crippen molar-refractivity contribution in [3.63, 3.8) is 0 Å². The van der Waals surface area contributed by atoms with Gasteiger partial charge in [0.15, 0.2) is 0 Å². The summed E-state index contributed by atoms with van der Waals surface area (Å²) in [5, 5.41) is 0. The van der Waals surface area contributed by atoms with E-state index in [9.17, 15) is 4.79 Å². The highest BCUT2D eigenvalue weighted by atomic mass is 16.6. The number of hydrogen-bond acceptors (Lipinski definition) is 3. The summed E-state index contributed by atoms with van der Waals surface area (Å²) in [5.74, 6) is 0.926. The number of rotatable bonds is 0. The lowest BCUT2D eigenvalue weighted by atomic mass is 9.46. The van der Waals surface area contributed by atoms with Crippen molar-refractivity contribution in [1.82, 2.24) is 0 Å². The normalized spacial score (nSPS) is 61.5. The molecule has 0 N–H and O–H groups in total. The number of epoxide rings is 1. The van der Waals surface area contributed by atoms with Gasteiger partial charge in [0.2, 0.25) is 0 Å². The van der Waals surface area contributed by atoms with Crippen LogP contribution in [0.1, 0.15) is 46.5 Å².